The lowest BCUT2D eigenvalue weighted by Gasteiger charge is -2.16. The maximum Gasteiger partial charge on any atom is 0.308 e. The van der Waals surface area contributed by atoms with Crippen LogP contribution in [0, 0.1) is 12.8 Å². The summed E-state index contributed by atoms with van der Waals surface area (Å²) in [6.45, 7) is 2.45. The summed E-state index contributed by atoms with van der Waals surface area (Å²) in [4.78, 5) is 27.3. The molecule has 4 rings (SSSR count). The maximum atomic E-state index is 12.8. The first kappa shape index (κ1) is 18.8. The van der Waals surface area contributed by atoms with Gasteiger partial charge in [0.25, 0.3) is 0 Å². The number of amides is 1. The van der Waals surface area contributed by atoms with E-state index in [2.05, 4.69) is 15.4 Å². The minimum absolute atomic E-state index is 0.0767. The zero-order chi connectivity index (χ0) is 20.4. The van der Waals surface area contributed by atoms with E-state index in [0.29, 0.717) is 12.4 Å². The maximum absolute atomic E-state index is 12.8. The predicted molar refractivity (Wildman–Crippen MR) is 105 cm³/mol. The van der Waals surface area contributed by atoms with Crippen LogP contribution in [0.4, 0.5) is 0 Å². The van der Waals surface area contributed by atoms with Crippen LogP contribution in [0.15, 0.2) is 54.6 Å². The van der Waals surface area contributed by atoms with Crippen molar-refractivity contribution in [1.82, 2.24) is 25.1 Å². The van der Waals surface area contributed by atoms with Crippen molar-refractivity contribution in [3.63, 3.8) is 0 Å². The van der Waals surface area contributed by atoms with Gasteiger partial charge in [-0.15, -0.1) is 10.2 Å². The van der Waals surface area contributed by atoms with Crippen molar-refractivity contribution >= 4 is 11.9 Å². The number of carbonyl (C=O) groups excluding carboxylic acids is 1. The van der Waals surface area contributed by atoms with E-state index in [1.807, 2.05) is 61.5 Å². The molecular formula is C21H21N5O3. The minimum Gasteiger partial charge on any atom is -0.481 e. The number of tetrazole rings is 1. The van der Waals surface area contributed by atoms with Crippen LogP contribution in [-0.2, 0) is 16.1 Å². The van der Waals surface area contributed by atoms with Crippen molar-refractivity contribution < 1.29 is 14.7 Å². The largest absolute Gasteiger partial charge is 0.481 e. The summed E-state index contributed by atoms with van der Waals surface area (Å²) in [5.74, 6) is -1.53. The fourth-order valence-electron chi connectivity index (χ4n) is 3.65. The monoisotopic (exact) mass is 391 g/mol. The Morgan fingerprint density at radius 1 is 1.07 bits per heavy atom. The van der Waals surface area contributed by atoms with Crippen LogP contribution < -0.4 is 0 Å². The van der Waals surface area contributed by atoms with E-state index in [0.717, 1.165) is 16.7 Å². The number of aromatic nitrogens is 4. The molecule has 2 atom stereocenters. The van der Waals surface area contributed by atoms with E-state index in [9.17, 15) is 14.7 Å². The van der Waals surface area contributed by atoms with E-state index in [1.165, 1.54) is 4.80 Å². The Labute approximate surface area is 167 Å². The second-order valence-corrected chi connectivity index (χ2v) is 7.27. The summed E-state index contributed by atoms with van der Waals surface area (Å²) in [6.07, 6.45) is 0. The average Bonchev–Trinajstić information content (AvgIpc) is 3.37. The van der Waals surface area contributed by atoms with Gasteiger partial charge >= 0.3 is 5.97 Å². The van der Waals surface area contributed by atoms with E-state index in [1.54, 1.807) is 4.90 Å². The van der Waals surface area contributed by atoms with E-state index in [-0.39, 0.29) is 24.9 Å². The Balaban J connectivity index is 1.46. The number of hydrogen-bond donors (Lipinski definition) is 1. The van der Waals surface area contributed by atoms with Gasteiger partial charge in [-0.05, 0) is 17.7 Å². The molecule has 0 spiro atoms. The SMILES string of the molecule is Cc1ccc(-c2nnn(CC(=O)N3CC(C(=O)O)C(c4ccccc4)C3)n2)cc1. The Bertz CT molecular complexity index is 1020. The molecule has 3 aromatic rings. The molecule has 2 unspecified atom stereocenters. The molecule has 1 saturated heterocycles. The van der Waals surface area contributed by atoms with Gasteiger partial charge in [0.2, 0.25) is 11.7 Å². The smallest absolute Gasteiger partial charge is 0.308 e. The first-order valence-corrected chi connectivity index (χ1v) is 9.41. The highest BCUT2D eigenvalue weighted by Crippen LogP contribution is 2.33. The topological polar surface area (TPSA) is 101 Å². The predicted octanol–water partition coefficient (Wildman–Crippen LogP) is 1.98. The number of hydrogen-bond acceptors (Lipinski definition) is 5. The van der Waals surface area contributed by atoms with E-state index < -0.39 is 11.9 Å². The lowest BCUT2D eigenvalue weighted by atomic mass is 9.89. The number of carboxylic acids is 1. The molecular weight excluding hydrogens is 370 g/mol. The van der Waals surface area contributed by atoms with Crippen molar-refractivity contribution in [3.05, 3.63) is 65.7 Å². The van der Waals surface area contributed by atoms with Gasteiger partial charge in [0.15, 0.2) is 0 Å². The molecule has 1 N–H and O–H groups in total. The highest BCUT2D eigenvalue weighted by Gasteiger charge is 2.40. The second kappa shape index (κ2) is 7.83. The Morgan fingerprint density at radius 3 is 2.48 bits per heavy atom. The molecule has 29 heavy (non-hydrogen) atoms. The van der Waals surface area contributed by atoms with Crippen molar-refractivity contribution in [2.75, 3.05) is 13.1 Å². The van der Waals surface area contributed by atoms with Crippen LogP contribution in [0.2, 0.25) is 0 Å². The lowest BCUT2D eigenvalue weighted by Crippen LogP contribution is -2.33. The van der Waals surface area contributed by atoms with Gasteiger partial charge in [0.1, 0.15) is 6.54 Å². The zero-order valence-corrected chi connectivity index (χ0v) is 16.0. The molecule has 8 nitrogen and oxygen atoms in total. The van der Waals surface area contributed by atoms with Crippen molar-refractivity contribution in [1.29, 1.82) is 0 Å². The summed E-state index contributed by atoms with van der Waals surface area (Å²) < 4.78 is 0. The summed E-state index contributed by atoms with van der Waals surface area (Å²) in [6, 6.07) is 17.2. The van der Waals surface area contributed by atoms with Crippen LogP contribution in [0.3, 0.4) is 0 Å². The van der Waals surface area contributed by atoms with Gasteiger partial charge in [-0.3, -0.25) is 9.59 Å². The van der Waals surface area contributed by atoms with Crippen molar-refractivity contribution in [2.24, 2.45) is 5.92 Å². The highest BCUT2D eigenvalue weighted by atomic mass is 16.4. The Morgan fingerprint density at radius 2 is 1.79 bits per heavy atom. The van der Waals surface area contributed by atoms with Crippen LogP contribution in [-0.4, -0.2) is 55.2 Å². The molecule has 1 aliphatic heterocycles. The van der Waals surface area contributed by atoms with E-state index >= 15 is 0 Å². The van der Waals surface area contributed by atoms with Gasteiger partial charge in [0, 0.05) is 24.6 Å². The molecule has 1 fully saturated rings. The standard InChI is InChI=1S/C21H21N5O3/c1-14-7-9-16(10-8-14)20-22-24-26(23-20)13-19(27)25-11-17(18(12-25)21(28)29)15-5-3-2-4-6-15/h2-10,17-18H,11-13H2,1H3,(H,28,29). The molecule has 0 aliphatic carbocycles. The number of aliphatic carboxylic acids is 1. The first-order valence-electron chi connectivity index (χ1n) is 9.41. The summed E-state index contributed by atoms with van der Waals surface area (Å²) in [7, 11) is 0. The molecule has 1 amide bonds. The summed E-state index contributed by atoms with van der Waals surface area (Å²) >= 11 is 0. The van der Waals surface area contributed by atoms with Crippen molar-refractivity contribution in [3.8, 4) is 11.4 Å². The zero-order valence-electron chi connectivity index (χ0n) is 16.0. The number of nitrogens with zero attached hydrogens (tertiary/aromatic N) is 5. The average molecular weight is 391 g/mol. The number of benzene rings is 2. The van der Waals surface area contributed by atoms with Gasteiger partial charge in [-0.1, -0.05) is 60.2 Å². The van der Waals surface area contributed by atoms with Gasteiger partial charge in [-0.25, -0.2) is 0 Å². The fourth-order valence-corrected chi connectivity index (χ4v) is 3.65. The molecule has 0 bridgehead atoms. The molecule has 1 aromatic heterocycles. The molecule has 8 heteroatoms. The van der Waals surface area contributed by atoms with Crippen molar-refractivity contribution in [2.45, 2.75) is 19.4 Å². The normalized spacial score (nSPS) is 18.7. The van der Waals surface area contributed by atoms with Gasteiger partial charge in [0.05, 0.1) is 5.92 Å². The second-order valence-electron chi connectivity index (χ2n) is 7.27. The third kappa shape index (κ3) is 4.01. The number of carboxylic acid groups (broad SMARTS) is 1. The quantitative estimate of drug-likeness (QED) is 0.714. The Kier molecular flexibility index (Phi) is 5.07. The number of likely N-dealkylation sites (tertiary alicyclic amines) is 1. The van der Waals surface area contributed by atoms with Crippen LogP contribution in [0.25, 0.3) is 11.4 Å². The number of carbonyl (C=O) groups is 2. The van der Waals surface area contributed by atoms with Crippen LogP contribution in [0.1, 0.15) is 17.0 Å². The molecule has 2 heterocycles. The summed E-state index contributed by atoms with van der Waals surface area (Å²) in [5, 5.41) is 21.9. The lowest BCUT2D eigenvalue weighted by molar-refractivity contribution is -0.141. The molecule has 1 aliphatic rings. The van der Waals surface area contributed by atoms with Crippen LogP contribution in [0.5, 0.6) is 0 Å². The molecule has 2 aromatic carbocycles. The van der Waals surface area contributed by atoms with Crippen LogP contribution >= 0.6 is 0 Å². The van der Waals surface area contributed by atoms with E-state index in [4.69, 9.17) is 0 Å². The number of rotatable bonds is 5. The third-order valence-electron chi connectivity index (χ3n) is 5.26. The molecule has 0 radical (unpaired) electrons. The molecule has 0 saturated carbocycles. The highest BCUT2D eigenvalue weighted by molar-refractivity contribution is 5.79. The molecule has 148 valence electrons. The third-order valence-corrected chi connectivity index (χ3v) is 5.26. The Hall–Kier alpha value is -3.55. The summed E-state index contributed by atoms with van der Waals surface area (Å²) in [5.41, 5.74) is 2.88. The van der Waals surface area contributed by atoms with Gasteiger partial charge in [-0.2, -0.15) is 4.80 Å². The minimum atomic E-state index is -0.894. The fraction of sp³-hybridized carbons (Fsp3) is 0.286. The van der Waals surface area contributed by atoms with Gasteiger partial charge < -0.3 is 10.0 Å². The number of aryl methyl sites for hydroxylation is 1. The first-order chi connectivity index (χ1) is 14.0.